The number of nitrogens with zero attached hydrogens (tertiary/aromatic N) is 1. The molecule has 1 saturated heterocycles. The number of aromatic nitrogens is 1. The van der Waals surface area contributed by atoms with E-state index >= 15 is 0 Å². The summed E-state index contributed by atoms with van der Waals surface area (Å²) in [6.07, 6.45) is 3.00. The molecule has 0 aliphatic carbocycles. The topological polar surface area (TPSA) is 95.4 Å². The monoisotopic (exact) mass is 343 g/mol. The number of rotatable bonds is 3. The Labute approximate surface area is 145 Å². The average molecular weight is 343 g/mol. The summed E-state index contributed by atoms with van der Waals surface area (Å²) in [4.78, 5) is 41.2. The molecule has 1 aliphatic heterocycles. The normalized spacial score (nSPS) is 17.4. The number of pyridine rings is 1. The molecule has 7 heteroatoms. The number of aromatic amines is 1. The molecule has 1 fully saturated rings. The lowest BCUT2D eigenvalue weighted by molar-refractivity contribution is 0.0646. The molecule has 0 radical (unpaired) electrons. The van der Waals surface area contributed by atoms with Gasteiger partial charge in [-0.2, -0.15) is 0 Å². The number of hydrogen-bond donors (Lipinski definition) is 2. The molecule has 7 nitrogen and oxygen atoms in total. The van der Waals surface area contributed by atoms with Gasteiger partial charge in [-0.15, -0.1) is 0 Å². The van der Waals surface area contributed by atoms with Gasteiger partial charge in [-0.05, 0) is 50.5 Å². The van der Waals surface area contributed by atoms with Gasteiger partial charge < -0.3 is 19.6 Å². The van der Waals surface area contributed by atoms with Crippen LogP contribution >= 0.6 is 0 Å². The van der Waals surface area contributed by atoms with Crippen molar-refractivity contribution in [2.75, 3.05) is 13.1 Å². The third-order valence-corrected chi connectivity index (χ3v) is 4.52. The van der Waals surface area contributed by atoms with Crippen LogP contribution in [0.1, 0.15) is 45.0 Å². The van der Waals surface area contributed by atoms with Gasteiger partial charge in [0.1, 0.15) is 5.56 Å². The highest BCUT2D eigenvalue weighted by molar-refractivity contribution is 5.94. The third kappa shape index (κ3) is 3.65. The highest BCUT2D eigenvalue weighted by Gasteiger charge is 2.27. The van der Waals surface area contributed by atoms with Crippen LogP contribution in [-0.4, -0.2) is 40.8 Å². The van der Waals surface area contributed by atoms with Gasteiger partial charge in [0.05, 0.1) is 6.26 Å². The van der Waals surface area contributed by atoms with Gasteiger partial charge in [-0.1, -0.05) is 0 Å². The predicted molar refractivity (Wildman–Crippen MR) is 91.6 cm³/mol. The Morgan fingerprint density at radius 2 is 2.16 bits per heavy atom. The van der Waals surface area contributed by atoms with E-state index in [0.29, 0.717) is 13.1 Å². The van der Waals surface area contributed by atoms with Gasteiger partial charge in [0.25, 0.3) is 17.4 Å². The Morgan fingerprint density at radius 3 is 2.88 bits per heavy atom. The maximum atomic E-state index is 12.4. The van der Waals surface area contributed by atoms with Crippen molar-refractivity contribution in [3.05, 3.63) is 57.4 Å². The molecule has 1 unspecified atom stereocenters. The van der Waals surface area contributed by atoms with Gasteiger partial charge >= 0.3 is 0 Å². The first kappa shape index (κ1) is 17.0. The van der Waals surface area contributed by atoms with Crippen molar-refractivity contribution in [3.63, 3.8) is 0 Å². The zero-order valence-electron chi connectivity index (χ0n) is 14.3. The molecule has 0 spiro atoms. The van der Waals surface area contributed by atoms with Crippen LogP contribution in [0, 0.1) is 13.8 Å². The number of likely N-dealkylation sites (tertiary alicyclic amines) is 1. The molecule has 0 bridgehead atoms. The SMILES string of the molecule is Cc1cc(C(=O)NC2CCCN(C(=O)c3ccco3)C2)c(=O)[nH]c1C. The van der Waals surface area contributed by atoms with E-state index in [1.54, 1.807) is 30.0 Å². The van der Waals surface area contributed by atoms with E-state index in [1.165, 1.54) is 6.26 Å². The Balaban J connectivity index is 1.68. The summed E-state index contributed by atoms with van der Waals surface area (Å²) < 4.78 is 5.15. The van der Waals surface area contributed by atoms with Crippen molar-refractivity contribution in [2.45, 2.75) is 32.7 Å². The standard InChI is InChI=1S/C18H21N3O4/c1-11-9-14(16(22)19-12(11)2)17(23)20-13-5-3-7-21(10-13)18(24)15-6-4-8-25-15/h4,6,8-9,13H,3,5,7,10H2,1-2H3,(H,19,22)(H,20,23). The maximum absolute atomic E-state index is 12.4. The summed E-state index contributed by atoms with van der Waals surface area (Å²) in [5, 5.41) is 2.87. The molecule has 25 heavy (non-hydrogen) atoms. The first-order valence-electron chi connectivity index (χ1n) is 8.30. The molecule has 2 amide bonds. The van der Waals surface area contributed by atoms with Crippen molar-refractivity contribution in [2.24, 2.45) is 0 Å². The second-order valence-corrected chi connectivity index (χ2v) is 6.36. The number of amides is 2. The molecule has 132 valence electrons. The zero-order valence-corrected chi connectivity index (χ0v) is 14.3. The molecule has 1 aliphatic rings. The highest BCUT2D eigenvalue weighted by Crippen LogP contribution is 2.15. The van der Waals surface area contributed by atoms with Gasteiger partial charge in [-0.3, -0.25) is 14.4 Å². The number of nitrogens with one attached hydrogen (secondary N) is 2. The third-order valence-electron chi connectivity index (χ3n) is 4.52. The quantitative estimate of drug-likeness (QED) is 0.885. The van der Waals surface area contributed by atoms with E-state index in [1.807, 2.05) is 6.92 Å². The number of piperidine rings is 1. The van der Waals surface area contributed by atoms with Crippen molar-refractivity contribution in [3.8, 4) is 0 Å². The van der Waals surface area contributed by atoms with Gasteiger partial charge in [-0.25, -0.2) is 0 Å². The van der Waals surface area contributed by atoms with Crippen LogP contribution in [0.5, 0.6) is 0 Å². The van der Waals surface area contributed by atoms with Crippen LogP contribution in [0.2, 0.25) is 0 Å². The fraction of sp³-hybridized carbons (Fsp3) is 0.389. The Kier molecular flexibility index (Phi) is 4.74. The molecule has 3 rings (SSSR count). The van der Waals surface area contributed by atoms with Gasteiger partial charge in [0.15, 0.2) is 5.76 Å². The number of carbonyl (C=O) groups is 2. The van der Waals surface area contributed by atoms with E-state index in [9.17, 15) is 14.4 Å². The smallest absolute Gasteiger partial charge is 0.289 e. The van der Waals surface area contributed by atoms with E-state index in [4.69, 9.17) is 4.42 Å². The minimum absolute atomic E-state index is 0.0950. The number of furan rings is 1. The molecule has 2 aromatic heterocycles. The minimum Gasteiger partial charge on any atom is -0.459 e. The fourth-order valence-electron chi connectivity index (χ4n) is 2.99. The van der Waals surface area contributed by atoms with Gasteiger partial charge in [0, 0.05) is 24.8 Å². The van der Waals surface area contributed by atoms with Crippen LogP contribution in [0.25, 0.3) is 0 Å². The fourth-order valence-corrected chi connectivity index (χ4v) is 2.99. The first-order valence-corrected chi connectivity index (χ1v) is 8.30. The molecule has 2 N–H and O–H groups in total. The van der Waals surface area contributed by atoms with Crippen LogP contribution in [-0.2, 0) is 0 Å². The van der Waals surface area contributed by atoms with Crippen molar-refractivity contribution in [1.82, 2.24) is 15.2 Å². The van der Waals surface area contributed by atoms with E-state index in [0.717, 1.165) is 24.1 Å². The molecule has 2 aromatic rings. The molecule has 3 heterocycles. The van der Waals surface area contributed by atoms with Crippen LogP contribution in [0.4, 0.5) is 0 Å². The highest BCUT2D eigenvalue weighted by atomic mass is 16.3. The molecule has 0 saturated carbocycles. The summed E-state index contributed by atoms with van der Waals surface area (Å²) in [6, 6.07) is 4.70. The van der Waals surface area contributed by atoms with Crippen LogP contribution in [0.15, 0.2) is 33.7 Å². The van der Waals surface area contributed by atoms with Crippen LogP contribution in [0.3, 0.4) is 0 Å². The van der Waals surface area contributed by atoms with E-state index < -0.39 is 11.5 Å². The molecule has 1 atom stereocenters. The van der Waals surface area contributed by atoms with Gasteiger partial charge in [0.2, 0.25) is 0 Å². The lowest BCUT2D eigenvalue weighted by Crippen LogP contribution is -2.50. The summed E-state index contributed by atoms with van der Waals surface area (Å²) in [7, 11) is 0. The second-order valence-electron chi connectivity index (χ2n) is 6.36. The predicted octanol–water partition coefficient (Wildman–Crippen LogP) is 1.62. The Morgan fingerprint density at radius 1 is 1.36 bits per heavy atom. The average Bonchev–Trinajstić information content (AvgIpc) is 3.12. The number of H-pyrrole nitrogens is 1. The number of hydrogen-bond acceptors (Lipinski definition) is 4. The largest absolute Gasteiger partial charge is 0.459 e. The van der Waals surface area contributed by atoms with Crippen LogP contribution < -0.4 is 10.9 Å². The number of carbonyl (C=O) groups excluding carboxylic acids is 2. The summed E-state index contributed by atoms with van der Waals surface area (Å²) in [6.45, 7) is 4.65. The van der Waals surface area contributed by atoms with Crippen molar-refractivity contribution < 1.29 is 14.0 Å². The maximum Gasteiger partial charge on any atom is 0.289 e. The second kappa shape index (κ2) is 6.96. The summed E-state index contributed by atoms with van der Waals surface area (Å²) >= 11 is 0. The van der Waals surface area contributed by atoms with Crippen molar-refractivity contribution >= 4 is 11.8 Å². The van der Waals surface area contributed by atoms with E-state index in [-0.39, 0.29) is 23.3 Å². The van der Waals surface area contributed by atoms with Crippen molar-refractivity contribution in [1.29, 1.82) is 0 Å². The lowest BCUT2D eigenvalue weighted by atomic mass is 10.0. The molecular weight excluding hydrogens is 322 g/mol. The lowest BCUT2D eigenvalue weighted by Gasteiger charge is -2.32. The zero-order chi connectivity index (χ0) is 18.0. The minimum atomic E-state index is -0.415. The first-order chi connectivity index (χ1) is 12.0. The van der Waals surface area contributed by atoms with E-state index in [2.05, 4.69) is 10.3 Å². The molecular formula is C18H21N3O4. The Hall–Kier alpha value is -2.83. The Bertz CT molecular complexity index is 839. The molecule has 0 aromatic carbocycles. The summed E-state index contributed by atoms with van der Waals surface area (Å²) in [5.41, 5.74) is 1.29. The summed E-state index contributed by atoms with van der Waals surface area (Å²) in [5.74, 6) is -0.313. The number of aryl methyl sites for hydroxylation is 2.